The zero-order valence-electron chi connectivity index (χ0n) is 9.68. The van der Waals surface area contributed by atoms with Crippen molar-refractivity contribution >= 4 is 15.5 Å². The molecule has 1 aromatic carbocycles. The van der Waals surface area contributed by atoms with E-state index in [1.165, 1.54) is 18.3 Å². The van der Waals surface area contributed by atoms with Crippen LogP contribution in [0.25, 0.3) is 0 Å². The Kier molecular flexibility index (Phi) is 3.48. The monoisotopic (exact) mass is 284 g/mol. The molecular weight excluding hydrogens is 274 g/mol. The van der Waals surface area contributed by atoms with Crippen molar-refractivity contribution in [3.8, 4) is 0 Å². The van der Waals surface area contributed by atoms with Crippen molar-refractivity contribution in [2.75, 3.05) is 5.73 Å². The summed E-state index contributed by atoms with van der Waals surface area (Å²) >= 11 is 0. The average Bonchev–Trinajstić information content (AvgIpc) is 2.34. The summed E-state index contributed by atoms with van der Waals surface area (Å²) in [6.07, 6.45) is 1.25. The normalized spacial score (nSPS) is 11.5. The molecule has 0 saturated carbocycles. The number of hydrogen-bond acceptors (Lipinski definition) is 4. The van der Waals surface area contributed by atoms with Crippen LogP contribution < -0.4 is 5.73 Å². The first-order valence-corrected chi connectivity index (χ1v) is 6.93. The van der Waals surface area contributed by atoms with Gasteiger partial charge in [0.25, 0.3) is 0 Å². The quantitative estimate of drug-likeness (QED) is 0.934. The number of halogens is 2. The highest BCUT2D eigenvalue weighted by molar-refractivity contribution is 7.90. The lowest BCUT2D eigenvalue weighted by Gasteiger charge is -2.07. The van der Waals surface area contributed by atoms with Crippen LogP contribution in [0.2, 0.25) is 0 Å². The van der Waals surface area contributed by atoms with Crippen LogP contribution in [0.4, 0.5) is 14.5 Å². The van der Waals surface area contributed by atoms with E-state index in [0.29, 0.717) is 0 Å². The predicted molar refractivity (Wildman–Crippen MR) is 65.9 cm³/mol. The van der Waals surface area contributed by atoms with Crippen molar-refractivity contribution in [3.05, 3.63) is 53.7 Å². The molecule has 0 radical (unpaired) electrons. The number of nitrogens with zero attached hydrogens (tertiary/aromatic N) is 1. The molecule has 0 fully saturated rings. The molecule has 0 bridgehead atoms. The minimum absolute atomic E-state index is 0.0563. The number of benzene rings is 1. The van der Waals surface area contributed by atoms with Gasteiger partial charge in [-0.2, -0.15) is 0 Å². The van der Waals surface area contributed by atoms with E-state index in [0.717, 1.165) is 18.2 Å². The molecule has 0 amide bonds. The molecule has 0 aliphatic carbocycles. The van der Waals surface area contributed by atoms with Gasteiger partial charge in [-0.25, -0.2) is 22.2 Å². The van der Waals surface area contributed by atoms with Crippen LogP contribution in [0.15, 0.2) is 41.6 Å². The molecular formula is C12H10F2N2O2S. The third-order valence-corrected chi connectivity index (χ3v) is 4.09. The fourth-order valence-electron chi connectivity index (χ4n) is 1.59. The van der Waals surface area contributed by atoms with Crippen molar-refractivity contribution in [1.82, 2.24) is 4.98 Å². The van der Waals surface area contributed by atoms with Crippen LogP contribution in [0, 0.1) is 11.6 Å². The molecule has 0 saturated heterocycles. The number of anilines is 1. The highest BCUT2D eigenvalue weighted by Crippen LogP contribution is 2.22. The molecule has 1 aromatic heterocycles. The molecule has 0 unspecified atom stereocenters. The Morgan fingerprint density at radius 1 is 1.11 bits per heavy atom. The summed E-state index contributed by atoms with van der Waals surface area (Å²) in [6, 6.07) is 5.98. The number of hydrogen-bond donors (Lipinski definition) is 1. The molecule has 2 N–H and O–H groups in total. The van der Waals surface area contributed by atoms with Gasteiger partial charge in [0, 0.05) is 11.8 Å². The van der Waals surface area contributed by atoms with E-state index < -0.39 is 32.8 Å². The van der Waals surface area contributed by atoms with Gasteiger partial charge in [0.05, 0.1) is 11.4 Å². The number of rotatable bonds is 3. The van der Waals surface area contributed by atoms with Crippen molar-refractivity contribution in [2.45, 2.75) is 10.8 Å². The van der Waals surface area contributed by atoms with Crippen molar-refractivity contribution in [1.29, 1.82) is 0 Å². The maximum absolute atomic E-state index is 13.4. The van der Waals surface area contributed by atoms with Crippen LogP contribution in [0.3, 0.4) is 0 Å². The van der Waals surface area contributed by atoms with E-state index in [4.69, 9.17) is 5.73 Å². The zero-order chi connectivity index (χ0) is 14.0. The maximum atomic E-state index is 13.4. The lowest BCUT2D eigenvalue weighted by atomic mass is 10.2. The summed E-state index contributed by atoms with van der Waals surface area (Å²) in [5.74, 6) is -2.66. The summed E-state index contributed by atoms with van der Waals surface area (Å²) in [5, 5.41) is -0.377. The third kappa shape index (κ3) is 2.70. The number of nitrogen functional groups attached to an aromatic ring is 1. The fraction of sp³-hybridized carbons (Fsp3) is 0.0833. The molecule has 100 valence electrons. The van der Waals surface area contributed by atoms with Crippen LogP contribution >= 0.6 is 0 Å². The van der Waals surface area contributed by atoms with Gasteiger partial charge in [-0.3, -0.25) is 0 Å². The Morgan fingerprint density at radius 3 is 2.32 bits per heavy atom. The van der Waals surface area contributed by atoms with Gasteiger partial charge in [-0.05, 0) is 24.3 Å². The van der Waals surface area contributed by atoms with E-state index in [-0.39, 0.29) is 10.7 Å². The average molecular weight is 284 g/mol. The first-order chi connectivity index (χ1) is 8.92. The molecule has 1 heterocycles. The van der Waals surface area contributed by atoms with Crippen LogP contribution in [0.5, 0.6) is 0 Å². The number of nitrogens with two attached hydrogens (primary N) is 1. The molecule has 19 heavy (non-hydrogen) atoms. The predicted octanol–water partition coefficient (Wildman–Crippen LogP) is 1.92. The van der Waals surface area contributed by atoms with Crippen molar-refractivity contribution in [2.24, 2.45) is 0 Å². The minimum atomic E-state index is -4.01. The molecule has 7 heteroatoms. The molecule has 0 aliphatic rings. The maximum Gasteiger partial charge on any atom is 0.202 e. The van der Waals surface area contributed by atoms with Crippen LogP contribution in [-0.2, 0) is 15.6 Å². The topological polar surface area (TPSA) is 73.0 Å². The summed E-state index contributed by atoms with van der Waals surface area (Å²) in [5.41, 5.74) is 4.93. The Labute approximate surface area is 108 Å². The third-order valence-electron chi connectivity index (χ3n) is 2.49. The summed E-state index contributed by atoms with van der Waals surface area (Å²) < 4.78 is 51.0. The second-order valence-electron chi connectivity index (χ2n) is 3.86. The van der Waals surface area contributed by atoms with Gasteiger partial charge in [-0.1, -0.05) is 6.07 Å². The zero-order valence-corrected chi connectivity index (χ0v) is 10.5. The number of aromatic nitrogens is 1. The highest BCUT2D eigenvalue weighted by atomic mass is 32.2. The lowest BCUT2D eigenvalue weighted by Crippen LogP contribution is -2.12. The number of sulfone groups is 1. The SMILES string of the molecule is Nc1cccnc1S(=O)(=O)Cc1c(F)cccc1F. The molecule has 2 aromatic rings. The standard InChI is InChI=1S/C12H10F2N2O2S/c13-9-3-1-4-10(14)8(9)7-19(17,18)12-11(15)5-2-6-16-12/h1-6H,7,15H2. The number of pyridine rings is 1. The molecule has 4 nitrogen and oxygen atoms in total. The lowest BCUT2D eigenvalue weighted by molar-refractivity contribution is 0.555. The van der Waals surface area contributed by atoms with Crippen LogP contribution in [0.1, 0.15) is 5.56 Å². The Hall–Kier alpha value is -2.02. The Morgan fingerprint density at radius 2 is 1.74 bits per heavy atom. The second kappa shape index (κ2) is 4.93. The smallest absolute Gasteiger partial charge is 0.202 e. The van der Waals surface area contributed by atoms with Gasteiger partial charge >= 0.3 is 0 Å². The fourth-order valence-corrected chi connectivity index (χ4v) is 3.03. The van der Waals surface area contributed by atoms with Gasteiger partial charge in [-0.15, -0.1) is 0 Å². The molecule has 0 spiro atoms. The van der Waals surface area contributed by atoms with Crippen molar-refractivity contribution in [3.63, 3.8) is 0 Å². The van der Waals surface area contributed by atoms with Gasteiger partial charge in [0.1, 0.15) is 11.6 Å². The Bertz CT molecular complexity index is 697. The highest BCUT2D eigenvalue weighted by Gasteiger charge is 2.23. The van der Waals surface area contributed by atoms with Gasteiger partial charge < -0.3 is 5.73 Å². The summed E-state index contributed by atoms with van der Waals surface area (Å²) in [7, 11) is -4.01. The van der Waals surface area contributed by atoms with E-state index >= 15 is 0 Å². The van der Waals surface area contributed by atoms with E-state index in [2.05, 4.69) is 4.98 Å². The first kappa shape index (κ1) is 13.4. The van der Waals surface area contributed by atoms with E-state index in [1.807, 2.05) is 0 Å². The minimum Gasteiger partial charge on any atom is -0.396 e. The molecule has 0 aliphatic heterocycles. The second-order valence-corrected chi connectivity index (χ2v) is 5.76. The van der Waals surface area contributed by atoms with Gasteiger partial charge in [0.2, 0.25) is 9.84 Å². The summed E-state index contributed by atoms with van der Waals surface area (Å²) in [4.78, 5) is 3.65. The molecule has 0 atom stereocenters. The molecule has 2 rings (SSSR count). The van der Waals surface area contributed by atoms with Crippen molar-refractivity contribution < 1.29 is 17.2 Å². The largest absolute Gasteiger partial charge is 0.396 e. The summed E-state index contributed by atoms with van der Waals surface area (Å²) in [6.45, 7) is 0. The Balaban J connectivity index is 2.46. The van der Waals surface area contributed by atoms with E-state index in [1.54, 1.807) is 0 Å². The first-order valence-electron chi connectivity index (χ1n) is 5.28. The van der Waals surface area contributed by atoms with Gasteiger partial charge in [0.15, 0.2) is 5.03 Å². The van der Waals surface area contributed by atoms with Crippen LogP contribution in [-0.4, -0.2) is 13.4 Å². The van der Waals surface area contributed by atoms with E-state index in [9.17, 15) is 17.2 Å².